The van der Waals surface area contributed by atoms with Gasteiger partial charge in [-0.25, -0.2) is 4.79 Å². The van der Waals surface area contributed by atoms with E-state index < -0.39 is 47.2 Å². The van der Waals surface area contributed by atoms with Crippen LogP contribution in [0.4, 0.5) is 0 Å². The Bertz CT molecular complexity index is 1320. The number of nitrogens with two attached hydrogens (primary N) is 1. The quantitative estimate of drug-likeness (QED) is 0.206. The summed E-state index contributed by atoms with van der Waals surface area (Å²) in [6.07, 6.45) is 2.24. The van der Waals surface area contributed by atoms with E-state index in [2.05, 4.69) is 10.6 Å². The summed E-state index contributed by atoms with van der Waals surface area (Å²) >= 11 is 0. The number of hydrogen-bond acceptors (Lipinski definition) is 9. The van der Waals surface area contributed by atoms with Gasteiger partial charge in [-0.15, -0.1) is 0 Å². The van der Waals surface area contributed by atoms with Crippen molar-refractivity contribution in [2.24, 2.45) is 17.6 Å². The first-order valence-electron chi connectivity index (χ1n) is 17.6. The third kappa shape index (κ3) is 11.5. The highest BCUT2D eigenvalue weighted by atomic mass is 16.6. The lowest BCUT2D eigenvalue weighted by atomic mass is 9.93. The Morgan fingerprint density at radius 3 is 2.18 bits per heavy atom. The molecule has 4 N–H and O–H groups in total. The summed E-state index contributed by atoms with van der Waals surface area (Å²) in [7, 11) is 4.73. The van der Waals surface area contributed by atoms with Crippen molar-refractivity contribution in [3.8, 4) is 0 Å². The fraction of sp³-hybridized carbons (Fsp3) is 0.703. The molecule has 6 atom stereocenters. The van der Waals surface area contributed by atoms with Crippen LogP contribution in [0.25, 0.3) is 0 Å². The normalized spacial score (nSPS) is 19.5. The number of likely N-dealkylation sites (tertiary alicyclic amines) is 1. The molecule has 6 unspecified atom stereocenters. The smallest absolute Gasteiger partial charge is 0.329 e. The number of carbonyl (C=O) groups is 5. The van der Waals surface area contributed by atoms with Gasteiger partial charge in [-0.05, 0) is 71.8 Å². The van der Waals surface area contributed by atoms with Crippen LogP contribution in [0, 0.1) is 11.8 Å². The Kier molecular flexibility index (Phi) is 14.4. The molecule has 1 saturated heterocycles. The Morgan fingerprint density at radius 2 is 1.64 bits per heavy atom. The topological polar surface area (TPSA) is 170 Å². The first-order valence-corrected chi connectivity index (χ1v) is 17.6. The maximum atomic E-state index is 14.0. The molecule has 1 heterocycles. The molecule has 0 spiro atoms. The van der Waals surface area contributed by atoms with Gasteiger partial charge in [-0.1, -0.05) is 37.3 Å². The number of rotatable bonds is 17. The predicted octanol–water partition coefficient (Wildman–Crippen LogP) is 2.19. The molecule has 13 heteroatoms. The Hall–Kier alpha value is -3.55. The summed E-state index contributed by atoms with van der Waals surface area (Å²) < 4.78 is 17.4. The fourth-order valence-corrected chi connectivity index (χ4v) is 6.62. The Morgan fingerprint density at radius 1 is 1.00 bits per heavy atom. The van der Waals surface area contributed by atoms with Crippen LogP contribution in [0.3, 0.4) is 0 Å². The van der Waals surface area contributed by atoms with Gasteiger partial charge in [0, 0.05) is 34.2 Å². The van der Waals surface area contributed by atoms with Gasteiger partial charge in [-0.3, -0.25) is 19.2 Å². The number of hydrogen-bond donors (Lipinski definition) is 3. The molecule has 0 bridgehead atoms. The highest BCUT2D eigenvalue weighted by Crippen LogP contribution is 2.38. The number of likely N-dealkylation sites (N-methyl/N-ethyl adjacent to an activating group) is 1. The number of esters is 1. The van der Waals surface area contributed by atoms with E-state index in [1.54, 1.807) is 58.4 Å². The molecule has 13 nitrogen and oxygen atoms in total. The monoisotopic (exact) mass is 701 g/mol. The van der Waals surface area contributed by atoms with Crippen LogP contribution < -0.4 is 16.4 Å². The Balaban J connectivity index is 1.71. The molecule has 3 rings (SSSR count). The lowest BCUT2D eigenvalue weighted by Gasteiger charge is -2.37. The first kappa shape index (κ1) is 40.9. The van der Waals surface area contributed by atoms with Gasteiger partial charge in [0.1, 0.15) is 11.6 Å². The van der Waals surface area contributed by atoms with Gasteiger partial charge >= 0.3 is 5.97 Å². The van der Waals surface area contributed by atoms with Crippen molar-refractivity contribution in [2.45, 2.75) is 122 Å². The average Bonchev–Trinajstić information content (AvgIpc) is 3.76. The molecule has 1 aromatic carbocycles. The van der Waals surface area contributed by atoms with Crippen molar-refractivity contribution in [1.29, 1.82) is 0 Å². The zero-order valence-corrected chi connectivity index (χ0v) is 31.3. The number of methoxy groups -OCH3 is 2. The maximum Gasteiger partial charge on any atom is 0.329 e. The molecule has 2 aliphatic rings. The van der Waals surface area contributed by atoms with E-state index in [1.807, 2.05) is 30.3 Å². The van der Waals surface area contributed by atoms with Crippen LogP contribution in [0.5, 0.6) is 0 Å². The van der Waals surface area contributed by atoms with Gasteiger partial charge in [0.05, 0.1) is 48.7 Å². The van der Waals surface area contributed by atoms with Gasteiger partial charge in [0.25, 0.3) is 0 Å². The number of carbonyl (C=O) groups excluding carboxylic acids is 5. The van der Waals surface area contributed by atoms with E-state index >= 15 is 0 Å². The summed E-state index contributed by atoms with van der Waals surface area (Å²) in [6.45, 7) is 10.5. The molecule has 2 fully saturated rings. The average molecular weight is 702 g/mol. The number of benzene rings is 1. The third-order valence-corrected chi connectivity index (χ3v) is 9.46. The van der Waals surface area contributed by atoms with Crippen molar-refractivity contribution in [3.63, 3.8) is 0 Å². The molecule has 1 saturated carbocycles. The second-order valence-corrected chi connectivity index (χ2v) is 15.3. The predicted molar refractivity (Wildman–Crippen MR) is 189 cm³/mol. The number of ether oxygens (including phenoxy) is 3. The summed E-state index contributed by atoms with van der Waals surface area (Å²) in [5.41, 5.74) is 4.87. The van der Waals surface area contributed by atoms with Crippen molar-refractivity contribution in [3.05, 3.63) is 35.9 Å². The molecular formula is C37H59N5O8. The molecular weight excluding hydrogens is 642 g/mol. The first-order chi connectivity index (χ1) is 23.4. The Labute approximate surface area is 297 Å². The summed E-state index contributed by atoms with van der Waals surface area (Å²) in [6, 6.07) is 7.75. The van der Waals surface area contributed by atoms with E-state index in [0.29, 0.717) is 13.0 Å². The minimum Gasteiger partial charge on any atom is -0.458 e. The van der Waals surface area contributed by atoms with Crippen molar-refractivity contribution < 1.29 is 38.2 Å². The van der Waals surface area contributed by atoms with Crippen LogP contribution in [-0.2, 0) is 44.6 Å². The number of nitrogens with one attached hydrogen (secondary N) is 2. The third-order valence-electron chi connectivity index (χ3n) is 9.46. The molecule has 1 aromatic rings. The standard InChI is InChI=1S/C37H59N5O8/c1-23(33(45)40-26(34(46)50-36(2,3)4)20-24-14-11-10-12-15-24)32(49-9)27-16-13-19-42(27)29(43)21-28(48-8)31(25-17-18-25)41(7)30(44)22-39-35(47)37(5,6)38/h10-12,14-15,23,25-28,31-32H,13,16-22,38H2,1-9H3,(H,39,47)(H,40,45). The molecule has 1 aliphatic carbocycles. The molecule has 4 amide bonds. The van der Waals surface area contributed by atoms with Gasteiger partial charge in [0.2, 0.25) is 23.6 Å². The largest absolute Gasteiger partial charge is 0.458 e. The minimum atomic E-state index is -1.12. The van der Waals surface area contributed by atoms with Crippen LogP contribution >= 0.6 is 0 Å². The zero-order chi connectivity index (χ0) is 37.4. The summed E-state index contributed by atoms with van der Waals surface area (Å²) in [5.74, 6) is -2.34. The summed E-state index contributed by atoms with van der Waals surface area (Å²) in [5, 5.41) is 5.51. The van der Waals surface area contributed by atoms with Crippen LogP contribution in [0.15, 0.2) is 30.3 Å². The molecule has 50 heavy (non-hydrogen) atoms. The van der Waals surface area contributed by atoms with E-state index in [1.165, 1.54) is 14.2 Å². The van der Waals surface area contributed by atoms with Crippen LogP contribution in [-0.4, -0.2) is 115 Å². The lowest BCUT2D eigenvalue weighted by molar-refractivity contribution is -0.159. The van der Waals surface area contributed by atoms with Crippen molar-refractivity contribution >= 4 is 29.6 Å². The maximum absolute atomic E-state index is 14.0. The minimum absolute atomic E-state index is 0.0305. The highest BCUT2D eigenvalue weighted by molar-refractivity contribution is 5.89. The van der Waals surface area contributed by atoms with Gasteiger partial charge in [0.15, 0.2) is 0 Å². The van der Waals surface area contributed by atoms with Crippen LogP contribution in [0.2, 0.25) is 0 Å². The summed E-state index contributed by atoms with van der Waals surface area (Å²) in [4.78, 5) is 69.7. The highest BCUT2D eigenvalue weighted by Gasteiger charge is 2.45. The van der Waals surface area contributed by atoms with Gasteiger partial charge < -0.3 is 40.4 Å². The fourth-order valence-electron chi connectivity index (χ4n) is 6.62. The number of nitrogens with zero attached hydrogens (tertiary/aromatic N) is 2. The molecule has 0 aromatic heterocycles. The second-order valence-electron chi connectivity index (χ2n) is 15.3. The molecule has 0 radical (unpaired) electrons. The molecule has 1 aliphatic heterocycles. The van der Waals surface area contributed by atoms with Crippen molar-refractivity contribution in [2.75, 3.05) is 34.4 Å². The molecule has 280 valence electrons. The van der Waals surface area contributed by atoms with E-state index in [4.69, 9.17) is 19.9 Å². The lowest BCUT2D eigenvalue weighted by Crippen LogP contribution is -2.55. The number of amides is 4. The van der Waals surface area contributed by atoms with E-state index in [-0.39, 0.29) is 55.1 Å². The van der Waals surface area contributed by atoms with Crippen molar-refractivity contribution in [1.82, 2.24) is 20.4 Å². The second kappa shape index (κ2) is 17.6. The zero-order valence-electron chi connectivity index (χ0n) is 31.3. The van der Waals surface area contributed by atoms with Gasteiger partial charge in [-0.2, -0.15) is 0 Å². The van der Waals surface area contributed by atoms with E-state index in [0.717, 1.165) is 24.8 Å². The SMILES string of the molecule is COC(CC(=O)N1CCCC1C(OC)C(C)C(=O)NC(Cc1ccccc1)C(=O)OC(C)(C)C)C(C1CC1)N(C)C(=O)CNC(=O)C(C)(C)N. The van der Waals surface area contributed by atoms with Crippen LogP contribution in [0.1, 0.15) is 79.2 Å². The van der Waals surface area contributed by atoms with E-state index in [9.17, 15) is 24.0 Å².